The van der Waals surface area contributed by atoms with E-state index < -0.39 is 0 Å². The standard InChI is InChI=1S/C11H24N4O3/c1-13-15-9(11(17)18-2)5-3-4-8-14-10(16)6-7-12/h9,13,15H,3-8,12H2,1-2H3,(H,14,16). The second-order valence-electron chi connectivity index (χ2n) is 3.85. The smallest absolute Gasteiger partial charge is 0.324 e. The van der Waals surface area contributed by atoms with E-state index in [1.54, 1.807) is 7.05 Å². The summed E-state index contributed by atoms with van der Waals surface area (Å²) in [5, 5.41) is 2.76. The summed E-state index contributed by atoms with van der Waals surface area (Å²) in [7, 11) is 3.06. The van der Waals surface area contributed by atoms with Gasteiger partial charge in [-0.1, -0.05) is 0 Å². The quantitative estimate of drug-likeness (QED) is 0.225. The maximum absolute atomic E-state index is 11.4. The number of carbonyl (C=O) groups is 2. The Morgan fingerprint density at radius 1 is 1.33 bits per heavy atom. The number of methoxy groups -OCH3 is 1. The van der Waals surface area contributed by atoms with Crippen LogP contribution in [-0.2, 0) is 14.3 Å². The topological polar surface area (TPSA) is 105 Å². The highest BCUT2D eigenvalue weighted by atomic mass is 16.5. The molecule has 7 nitrogen and oxygen atoms in total. The molecule has 0 aliphatic rings. The number of unbranched alkanes of at least 4 members (excludes halogenated alkanes) is 1. The van der Waals surface area contributed by atoms with Crippen LogP contribution < -0.4 is 21.9 Å². The third kappa shape index (κ3) is 7.99. The average Bonchev–Trinajstić information content (AvgIpc) is 2.36. The van der Waals surface area contributed by atoms with Gasteiger partial charge < -0.3 is 15.8 Å². The lowest BCUT2D eigenvalue weighted by atomic mass is 10.1. The van der Waals surface area contributed by atoms with Crippen molar-refractivity contribution in [2.75, 3.05) is 27.2 Å². The van der Waals surface area contributed by atoms with E-state index in [2.05, 4.69) is 20.9 Å². The maximum Gasteiger partial charge on any atom is 0.324 e. The van der Waals surface area contributed by atoms with Crippen molar-refractivity contribution in [2.45, 2.75) is 31.7 Å². The third-order valence-corrected chi connectivity index (χ3v) is 2.42. The van der Waals surface area contributed by atoms with Crippen LogP contribution in [0.5, 0.6) is 0 Å². The highest BCUT2D eigenvalue weighted by molar-refractivity contribution is 5.76. The molecule has 0 spiro atoms. The minimum atomic E-state index is -0.361. The van der Waals surface area contributed by atoms with Crippen LogP contribution >= 0.6 is 0 Å². The fraction of sp³-hybridized carbons (Fsp3) is 0.818. The summed E-state index contributed by atoms with van der Waals surface area (Å²) in [5.41, 5.74) is 10.8. The first-order chi connectivity index (χ1) is 8.65. The Balaban J connectivity index is 3.67. The molecule has 0 saturated carbocycles. The molecule has 0 aromatic carbocycles. The molecule has 0 saturated heterocycles. The van der Waals surface area contributed by atoms with E-state index in [-0.39, 0.29) is 17.9 Å². The highest BCUT2D eigenvalue weighted by Crippen LogP contribution is 2.01. The van der Waals surface area contributed by atoms with Crippen LogP contribution in [0.3, 0.4) is 0 Å². The molecule has 0 aliphatic carbocycles. The van der Waals surface area contributed by atoms with Crippen molar-refractivity contribution in [3.8, 4) is 0 Å². The molecular formula is C11H24N4O3. The lowest BCUT2D eigenvalue weighted by molar-refractivity contribution is -0.143. The Hall–Kier alpha value is -1.18. The van der Waals surface area contributed by atoms with Crippen LogP contribution in [0, 0.1) is 0 Å². The Kier molecular flexibility index (Phi) is 10.2. The fourth-order valence-electron chi connectivity index (χ4n) is 1.49. The van der Waals surface area contributed by atoms with Gasteiger partial charge in [-0.15, -0.1) is 0 Å². The lowest BCUT2D eigenvalue weighted by Crippen LogP contribution is -2.44. The first-order valence-corrected chi connectivity index (χ1v) is 6.12. The van der Waals surface area contributed by atoms with Crippen molar-refractivity contribution in [1.82, 2.24) is 16.2 Å². The van der Waals surface area contributed by atoms with E-state index in [9.17, 15) is 9.59 Å². The molecule has 0 aromatic rings. The molecule has 0 bridgehead atoms. The highest BCUT2D eigenvalue weighted by Gasteiger charge is 2.17. The summed E-state index contributed by atoms with van der Waals surface area (Å²) in [6.07, 6.45) is 2.64. The summed E-state index contributed by atoms with van der Waals surface area (Å²) < 4.78 is 4.67. The van der Waals surface area contributed by atoms with Crippen LogP contribution in [0.4, 0.5) is 0 Å². The molecule has 0 radical (unpaired) electrons. The zero-order chi connectivity index (χ0) is 13.8. The summed E-state index contributed by atoms with van der Waals surface area (Å²) in [6.45, 7) is 0.967. The number of ether oxygens (including phenoxy) is 1. The number of nitrogens with two attached hydrogens (primary N) is 1. The van der Waals surface area contributed by atoms with Crippen molar-refractivity contribution in [3.63, 3.8) is 0 Å². The molecule has 7 heteroatoms. The molecule has 1 unspecified atom stereocenters. The van der Waals surface area contributed by atoms with Crippen LogP contribution in [0.15, 0.2) is 0 Å². The molecule has 1 atom stereocenters. The molecule has 5 N–H and O–H groups in total. The number of rotatable bonds is 10. The molecule has 0 heterocycles. The van der Waals surface area contributed by atoms with Crippen LogP contribution in [-0.4, -0.2) is 45.2 Å². The second-order valence-corrected chi connectivity index (χ2v) is 3.85. The van der Waals surface area contributed by atoms with Gasteiger partial charge in [-0.25, -0.2) is 5.43 Å². The molecule has 0 aromatic heterocycles. The maximum atomic E-state index is 11.4. The van der Waals surface area contributed by atoms with Gasteiger partial charge in [-0.3, -0.25) is 15.0 Å². The molecule has 18 heavy (non-hydrogen) atoms. The zero-order valence-corrected chi connectivity index (χ0v) is 11.1. The van der Waals surface area contributed by atoms with E-state index >= 15 is 0 Å². The van der Waals surface area contributed by atoms with Crippen LogP contribution in [0.1, 0.15) is 25.7 Å². The predicted octanol–water partition coefficient (Wildman–Crippen LogP) is -1.11. The largest absolute Gasteiger partial charge is 0.468 e. The number of nitrogens with one attached hydrogen (secondary N) is 3. The Labute approximate surface area is 108 Å². The Morgan fingerprint density at radius 3 is 2.61 bits per heavy atom. The molecule has 0 fully saturated rings. The molecule has 106 valence electrons. The van der Waals surface area contributed by atoms with E-state index in [4.69, 9.17) is 5.73 Å². The number of hydrazine groups is 1. The van der Waals surface area contributed by atoms with E-state index in [1.807, 2.05) is 0 Å². The third-order valence-electron chi connectivity index (χ3n) is 2.42. The average molecular weight is 260 g/mol. The van der Waals surface area contributed by atoms with Crippen molar-refractivity contribution in [2.24, 2.45) is 5.73 Å². The van der Waals surface area contributed by atoms with Gasteiger partial charge in [0.15, 0.2) is 0 Å². The van der Waals surface area contributed by atoms with Gasteiger partial charge in [0.2, 0.25) is 5.91 Å². The Morgan fingerprint density at radius 2 is 2.06 bits per heavy atom. The van der Waals surface area contributed by atoms with Crippen molar-refractivity contribution in [1.29, 1.82) is 0 Å². The number of esters is 1. The summed E-state index contributed by atoms with van der Waals surface area (Å²) >= 11 is 0. The van der Waals surface area contributed by atoms with Gasteiger partial charge in [-0.05, 0) is 26.3 Å². The number of carbonyl (C=O) groups excluding carboxylic acids is 2. The van der Waals surface area contributed by atoms with Crippen molar-refractivity contribution >= 4 is 11.9 Å². The SMILES string of the molecule is CNNC(CCCCNC(=O)CCN)C(=O)OC. The van der Waals surface area contributed by atoms with Gasteiger partial charge >= 0.3 is 5.97 Å². The van der Waals surface area contributed by atoms with Gasteiger partial charge in [0, 0.05) is 19.5 Å². The van der Waals surface area contributed by atoms with Gasteiger partial charge in [0.1, 0.15) is 6.04 Å². The Bertz CT molecular complexity index is 248. The van der Waals surface area contributed by atoms with Crippen molar-refractivity contribution < 1.29 is 14.3 Å². The van der Waals surface area contributed by atoms with Gasteiger partial charge in [0.05, 0.1) is 7.11 Å². The zero-order valence-electron chi connectivity index (χ0n) is 11.1. The molecule has 0 rings (SSSR count). The predicted molar refractivity (Wildman–Crippen MR) is 68.5 cm³/mol. The molecule has 1 amide bonds. The van der Waals surface area contributed by atoms with Crippen LogP contribution in [0.2, 0.25) is 0 Å². The summed E-state index contributed by atoms with van der Waals surface area (Å²) in [5.74, 6) is -0.327. The monoisotopic (exact) mass is 260 g/mol. The van der Waals surface area contributed by atoms with Gasteiger partial charge in [0.25, 0.3) is 0 Å². The number of hydrogen-bond donors (Lipinski definition) is 4. The number of amides is 1. The summed E-state index contributed by atoms with van der Waals surface area (Å²) in [6, 6.07) is -0.361. The van der Waals surface area contributed by atoms with E-state index in [1.165, 1.54) is 7.11 Å². The molecular weight excluding hydrogens is 236 g/mol. The first kappa shape index (κ1) is 16.8. The van der Waals surface area contributed by atoms with Crippen LogP contribution in [0.25, 0.3) is 0 Å². The second kappa shape index (κ2) is 10.9. The first-order valence-electron chi connectivity index (χ1n) is 6.12. The normalized spacial score (nSPS) is 11.9. The molecule has 0 aliphatic heterocycles. The fourth-order valence-corrected chi connectivity index (χ4v) is 1.49. The van der Waals surface area contributed by atoms with E-state index in [0.29, 0.717) is 25.9 Å². The minimum Gasteiger partial charge on any atom is -0.468 e. The summed E-state index contributed by atoms with van der Waals surface area (Å²) in [4.78, 5) is 22.5. The van der Waals surface area contributed by atoms with Crippen molar-refractivity contribution in [3.05, 3.63) is 0 Å². The lowest BCUT2D eigenvalue weighted by Gasteiger charge is -2.15. The number of hydrogen-bond acceptors (Lipinski definition) is 6. The van der Waals surface area contributed by atoms with Gasteiger partial charge in [-0.2, -0.15) is 0 Å². The van der Waals surface area contributed by atoms with E-state index in [0.717, 1.165) is 12.8 Å². The minimum absolute atomic E-state index is 0.0321.